The Balaban J connectivity index is 2.05. The maximum atomic E-state index is 13.3. The van der Waals surface area contributed by atoms with Crippen LogP contribution in [-0.2, 0) is 19.4 Å². The van der Waals surface area contributed by atoms with Gasteiger partial charge in [0.25, 0.3) is 5.56 Å². The number of thiophene rings is 1. The second-order valence-electron chi connectivity index (χ2n) is 7.35. The Morgan fingerprint density at radius 1 is 1.48 bits per heavy atom. The average molecular weight is 376 g/mol. The monoisotopic (exact) mass is 375 g/mol. The molecule has 0 saturated carbocycles. The van der Waals surface area contributed by atoms with Gasteiger partial charge in [-0.1, -0.05) is 32.5 Å². The van der Waals surface area contributed by atoms with Crippen molar-refractivity contribution in [1.29, 1.82) is 5.26 Å². The second-order valence-corrected chi connectivity index (χ2v) is 9.49. The fraction of sp³-hybridized carbons (Fsp3) is 0.632. The number of hydrogen-bond acceptors (Lipinski definition) is 5. The minimum atomic E-state index is 0.133. The zero-order valence-corrected chi connectivity index (χ0v) is 16.8. The molecule has 6 heteroatoms. The van der Waals surface area contributed by atoms with E-state index >= 15 is 0 Å². The van der Waals surface area contributed by atoms with Crippen molar-refractivity contribution in [3.05, 3.63) is 20.8 Å². The first-order valence-electron chi connectivity index (χ1n) is 9.06. The van der Waals surface area contributed by atoms with Crippen LogP contribution >= 0.6 is 23.1 Å². The number of aromatic nitrogens is 2. The lowest BCUT2D eigenvalue weighted by atomic mass is 9.89. The number of unbranched alkanes of at least 4 members (excludes halogenated alkanes) is 1. The van der Waals surface area contributed by atoms with Gasteiger partial charge in [-0.3, -0.25) is 9.36 Å². The Labute approximate surface area is 157 Å². The maximum Gasteiger partial charge on any atom is 0.263 e. The van der Waals surface area contributed by atoms with Crippen molar-refractivity contribution in [1.82, 2.24) is 9.55 Å². The quantitative estimate of drug-likeness (QED) is 0.419. The van der Waals surface area contributed by atoms with E-state index in [0.29, 0.717) is 24.8 Å². The van der Waals surface area contributed by atoms with Crippen molar-refractivity contribution in [2.75, 3.05) is 5.75 Å². The zero-order valence-electron chi connectivity index (χ0n) is 15.2. The van der Waals surface area contributed by atoms with E-state index in [4.69, 9.17) is 10.2 Å². The Morgan fingerprint density at radius 3 is 3.00 bits per heavy atom. The molecule has 0 amide bonds. The van der Waals surface area contributed by atoms with Crippen molar-refractivity contribution < 1.29 is 0 Å². The minimum absolute atomic E-state index is 0.133. The van der Waals surface area contributed by atoms with E-state index in [0.717, 1.165) is 46.8 Å². The highest BCUT2D eigenvalue weighted by molar-refractivity contribution is 7.99. The van der Waals surface area contributed by atoms with E-state index in [2.05, 4.69) is 26.8 Å². The zero-order chi connectivity index (χ0) is 18.0. The Kier molecular flexibility index (Phi) is 5.85. The molecule has 1 unspecified atom stereocenters. The largest absolute Gasteiger partial charge is 0.287 e. The van der Waals surface area contributed by atoms with Gasteiger partial charge in [-0.15, -0.1) is 11.3 Å². The summed E-state index contributed by atoms with van der Waals surface area (Å²) in [4.78, 5) is 20.4. The van der Waals surface area contributed by atoms with Crippen LogP contribution in [0.1, 0.15) is 50.5 Å². The first-order valence-corrected chi connectivity index (χ1v) is 10.9. The molecule has 1 aliphatic carbocycles. The molecule has 2 heterocycles. The van der Waals surface area contributed by atoms with Crippen molar-refractivity contribution in [3.63, 3.8) is 0 Å². The fourth-order valence-corrected chi connectivity index (χ4v) is 5.73. The van der Waals surface area contributed by atoms with E-state index < -0.39 is 0 Å². The number of fused-ring (bicyclic) bond motifs is 3. The average Bonchev–Trinajstić information content (AvgIpc) is 2.91. The van der Waals surface area contributed by atoms with E-state index in [1.54, 1.807) is 23.1 Å². The summed E-state index contributed by atoms with van der Waals surface area (Å²) in [7, 11) is 0. The summed E-state index contributed by atoms with van der Waals surface area (Å²) in [6.45, 7) is 7.24. The molecule has 1 aliphatic rings. The van der Waals surface area contributed by atoms with E-state index in [1.807, 2.05) is 4.57 Å². The molecule has 2 aromatic heterocycles. The summed E-state index contributed by atoms with van der Waals surface area (Å²) in [6, 6.07) is 2.18. The molecule has 2 aromatic rings. The molecule has 0 spiro atoms. The smallest absolute Gasteiger partial charge is 0.263 e. The molecule has 0 bridgehead atoms. The number of hydrogen-bond donors (Lipinski definition) is 0. The van der Waals surface area contributed by atoms with Crippen LogP contribution in [0.25, 0.3) is 10.2 Å². The van der Waals surface area contributed by atoms with Crippen LogP contribution in [-0.4, -0.2) is 15.3 Å². The Bertz CT molecular complexity index is 860. The molecule has 0 saturated heterocycles. The first-order chi connectivity index (χ1) is 12.0. The van der Waals surface area contributed by atoms with Crippen LogP contribution in [0, 0.1) is 23.2 Å². The third kappa shape index (κ3) is 3.93. The van der Waals surface area contributed by atoms with Gasteiger partial charge in [0.05, 0.1) is 11.5 Å². The summed E-state index contributed by atoms with van der Waals surface area (Å²) in [5, 5.41) is 10.4. The molecule has 3 rings (SSSR count). The lowest BCUT2D eigenvalue weighted by Gasteiger charge is -2.18. The maximum absolute atomic E-state index is 13.3. The van der Waals surface area contributed by atoms with Gasteiger partial charge in [0.2, 0.25) is 0 Å². The third-order valence-electron chi connectivity index (χ3n) is 4.59. The van der Waals surface area contributed by atoms with Crippen LogP contribution in [0.4, 0.5) is 0 Å². The van der Waals surface area contributed by atoms with Gasteiger partial charge in [0, 0.05) is 23.6 Å². The molecule has 0 aromatic carbocycles. The van der Waals surface area contributed by atoms with Crippen LogP contribution in [0.15, 0.2) is 9.95 Å². The molecular formula is C19H25N3OS2. The van der Waals surface area contributed by atoms with Gasteiger partial charge in [0.1, 0.15) is 4.83 Å². The van der Waals surface area contributed by atoms with Gasteiger partial charge in [0.15, 0.2) is 5.16 Å². The van der Waals surface area contributed by atoms with Gasteiger partial charge in [-0.2, -0.15) is 5.26 Å². The Hall–Kier alpha value is -1.32. The summed E-state index contributed by atoms with van der Waals surface area (Å²) >= 11 is 3.32. The number of aryl methyl sites for hydroxylation is 1. The normalized spacial score (nSPS) is 17.0. The summed E-state index contributed by atoms with van der Waals surface area (Å²) in [6.07, 6.45) is 4.62. The molecule has 1 atom stereocenters. The molecule has 0 aliphatic heterocycles. The SMILES string of the molecule is CC(C)Cn1c(SCCCC#N)nc2sc3c(c2c1=O)CCC(C)C3. The molecule has 0 N–H and O–H groups in total. The lowest BCUT2D eigenvalue weighted by molar-refractivity contribution is 0.474. The van der Waals surface area contributed by atoms with E-state index in [-0.39, 0.29) is 5.56 Å². The lowest BCUT2D eigenvalue weighted by Crippen LogP contribution is -2.26. The van der Waals surface area contributed by atoms with E-state index in [9.17, 15) is 4.79 Å². The van der Waals surface area contributed by atoms with Crippen LogP contribution in [0.2, 0.25) is 0 Å². The summed E-state index contributed by atoms with van der Waals surface area (Å²) < 4.78 is 1.87. The van der Waals surface area contributed by atoms with Crippen molar-refractivity contribution >= 4 is 33.3 Å². The van der Waals surface area contributed by atoms with Crippen molar-refractivity contribution in [2.24, 2.45) is 11.8 Å². The van der Waals surface area contributed by atoms with Crippen LogP contribution in [0.5, 0.6) is 0 Å². The topological polar surface area (TPSA) is 58.7 Å². The van der Waals surface area contributed by atoms with Gasteiger partial charge in [-0.25, -0.2) is 4.98 Å². The van der Waals surface area contributed by atoms with Crippen molar-refractivity contribution in [3.8, 4) is 6.07 Å². The Morgan fingerprint density at radius 2 is 2.28 bits per heavy atom. The predicted octanol–water partition coefficient (Wildman–Crippen LogP) is 4.63. The molecule has 25 heavy (non-hydrogen) atoms. The van der Waals surface area contributed by atoms with Gasteiger partial charge in [-0.05, 0) is 43.1 Å². The molecule has 0 fully saturated rings. The highest BCUT2D eigenvalue weighted by Gasteiger charge is 2.24. The third-order valence-corrected chi connectivity index (χ3v) is 6.80. The number of nitriles is 1. The van der Waals surface area contributed by atoms with Gasteiger partial charge < -0.3 is 0 Å². The predicted molar refractivity (Wildman–Crippen MR) is 105 cm³/mol. The summed E-state index contributed by atoms with van der Waals surface area (Å²) in [5.74, 6) is 1.91. The molecule has 0 radical (unpaired) electrons. The van der Waals surface area contributed by atoms with Gasteiger partial charge >= 0.3 is 0 Å². The van der Waals surface area contributed by atoms with E-state index in [1.165, 1.54) is 10.4 Å². The first kappa shape index (κ1) is 18.5. The highest BCUT2D eigenvalue weighted by Crippen LogP contribution is 2.36. The summed E-state index contributed by atoms with van der Waals surface area (Å²) in [5.41, 5.74) is 1.39. The molecule has 4 nitrogen and oxygen atoms in total. The standard InChI is InChI=1S/C19H25N3OS2/c1-12(2)11-22-18(23)16-14-7-6-13(3)10-15(14)25-17(16)21-19(22)24-9-5-4-8-20/h12-13H,4-7,9-11H2,1-3H3. The van der Waals surface area contributed by atoms with Crippen LogP contribution in [0.3, 0.4) is 0 Å². The van der Waals surface area contributed by atoms with Crippen molar-refractivity contribution in [2.45, 2.75) is 64.6 Å². The number of thioether (sulfide) groups is 1. The number of nitrogens with zero attached hydrogens (tertiary/aromatic N) is 3. The minimum Gasteiger partial charge on any atom is -0.287 e. The molecular weight excluding hydrogens is 350 g/mol. The fourth-order valence-electron chi connectivity index (χ4n) is 3.36. The molecule has 134 valence electrons. The van der Waals surface area contributed by atoms with Crippen LogP contribution < -0.4 is 5.56 Å². The second kappa shape index (κ2) is 7.92. The number of rotatable bonds is 6. The highest BCUT2D eigenvalue weighted by atomic mass is 32.2.